The Hall–Kier alpha value is -1.45. The van der Waals surface area contributed by atoms with E-state index in [0.29, 0.717) is 11.6 Å². The highest BCUT2D eigenvalue weighted by molar-refractivity contribution is 7.89. The average molecular weight is 356 g/mol. The van der Waals surface area contributed by atoms with E-state index in [1.807, 2.05) is 24.3 Å². The molecule has 1 atom stereocenters. The minimum Gasteiger partial charge on any atom is -0.353 e. The zero-order valence-electron chi connectivity index (χ0n) is 11.1. The Morgan fingerprint density at radius 3 is 3.09 bits per heavy atom. The second kappa shape index (κ2) is 5.04. The molecule has 1 aromatic carbocycles. The fourth-order valence-corrected chi connectivity index (χ4v) is 5.02. The number of ether oxygens (including phenoxy) is 1. The van der Waals surface area contributed by atoms with Crippen molar-refractivity contribution in [3.63, 3.8) is 0 Å². The lowest BCUT2D eigenvalue weighted by Gasteiger charge is -2.13. The van der Waals surface area contributed by atoms with Crippen LogP contribution in [0.5, 0.6) is 0 Å². The first kappa shape index (κ1) is 14.2. The summed E-state index contributed by atoms with van der Waals surface area (Å²) < 4.78 is 34.9. The lowest BCUT2D eigenvalue weighted by molar-refractivity contribution is 0.0585. The molecule has 0 saturated heterocycles. The minimum atomic E-state index is -3.87. The van der Waals surface area contributed by atoms with Crippen molar-refractivity contribution >= 4 is 37.9 Å². The van der Waals surface area contributed by atoms with Crippen LogP contribution in [0.25, 0.3) is 4.96 Å². The van der Waals surface area contributed by atoms with Gasteiger partial charge < -0.3 is 4.74 Å². The van der Waals surface area contributed by atoms with Crippen LogP contribution in [0.15, 0.2) is 40.9 Å². The molecule has 4 rings (SSSR count). The number of benzene rings is 1. The molecule has 0 fully saturated rings. The second-order valence-electron chi connectivity index (χ2n) is 4.77. The van der Waals surface area contributed by atoms with E-state index in [-0.39, 0.29) is 10.2 Å². The van der Waals surface area contributed by atoms with Gasteiger partial charge in [-0.05, 0) is 5.56 Å². The Balaban J connectivity index is 1.74. The van der Waals surface area contributed by atoms with Gasteiger partial charge in [0.25, 0.3) is 10.0 Å². The van der Waals surface area contributed by atoms with Crippen LogP contribution in [0.2, 0.25) is 5.15 Å². The van der Waals surface area contributed by atoms with E-state index < -0.39 is 16.3 Å². The third kappa shape index (κ3) is 2.15. The Labute approximate surface area is 135 Å². The fraction of sp³-hybridized carbons (Fsp3) is 0.154. The maximum Gasteiger partial charge on any atom is 0.262 e. The van der Waals surface area contributed by atoms with Gasteiger partial charge in [0.15, 0.2) is 15.1 Å². The normalized spacial score (nSPS) is 18.0. The lowest BCUT2D eigenvalue weighted by Crippen LogP contribution is -2.29. The first-order valence-corrected chi connectivity index (χ1v) is 9.13. The number of rotatable bonds is 3. The van der Waals surface area contributed by atoms with Crippen molar-refractivity contribution in [1.82, 2.24) is 14.1 Å². The van der Waals surface area contributed by atoms with Gasteiger partial charge in [-0.3, -0.25) is 4.40 Å². The van der Waals surface area contributed by atoms with E-state index in [2.05, 4.69) is 9.71 Å². The maximum atomic E-state index is 12.7. The van der Waals surface area contributed by atoms with Crippen LogP contribution in [-0.4, -0.2) is 17.8 Å². The number of halogens is 1. The molecule has 0 spiro atoms. The van der Waals surface area contributed by atoms with Crippen molar-refractivity contribution in [2.45, 2.75) is 17.9 Å². The van der Waals surface area contributed by atoms with Gasteiger partial charge in [-0.2, -0.15) is 4.72 Å². The van der Waals surface area contributed by atoms with Gasteiger partial charge in [0, 0.05) is 17.1 Å². The fourth-order valence-electron chi connectivity index (χ4n) is 2.46. The summed E-state index contributed by atoms with van der Waals surface area (Å²) in [5.74, 6) is 0. The third-order valence-electron chi connectivity index (χ3n) is 3.44. The van der Waals surface area contributed by atoms with Crippen molar-refractivity contribution in [3.8, 4) is 0 Å². The Bertz CT molecular complexity index is 964. The summed E-state index contributed by atoms with van der Waals surface area (Å²) in [7, 11) is -3.87. The Morgan fingerprint density at radius 1 is 1.41 bits per heavy atom. The zero-order chi connectivity index (χ0) is 15.3. The van der Waals surface area contributed by atoms with E-state index >= 15 is 0 Å². The van der Waals surface area contributed by atoms with Crippen molar-refractivity contribution in [2.24, 2.45) is 0 Å². The summed E-state index contributed by atoms with van der Waals surface area (Å²) in [5, 5.41) is 1.63. The van der Waals surface area contributed by atoms with Crippen molar-refractivity contribution in [1.29, 1.82) is 0 Å². The number of sulfonamides is 1. The van der Waals surface area contributed by atoms with Crippen LogP contribution in [0.4, 0.5) is 0 Å². The summed E-state index contributed by atoms with van der Waals surface area (Å²) in [5.41, 5.74) is 1.78. The predicted molar refractivity (Wildman–Crippen MR) is 82.4 cm³/mol. The first-order chi connectivity index (χ1) is 10.6. The van der Waals surface area contributed by atoms with Gasteiger partial charge >= 0.3 is 0 Å². The van der Waals surface area contributed by atoms with Crippen LogP contribution in [0.3, 0.4) is 0 Å². The van der Waals surface area contributed by atoms with E-state index in [1.54, 1.807) is 11.6 Å². The molecule has 0 aliphatic carbocycles. The number of hydrogen-bond acceptors (Lipinski definition) is 5. The molecule has 1 aliphatic rings. The van der Waals surface area contributed by atoms with Crippen molar-refractivity contribution in [2.75, 3.05) is 0 Å². The number of thiazole rings is 1. The van der Waals surface area contributed by atoms with Gasteiger partial charge in [-0.1, -0.05) is 35.9 Å². The number of aromatic nitrogens is 2. The van der Waals surface area contributed by atoms with Crippen LogP contribution in [0, 0.1) is 0 Å². The van der Waals surface area contributed by atoms with Crippen LogP contribution in [-0.2, 0) is 21.4 Å². The number of hydrogen-bond donors (Lipinski definition) is 1. The van der Waals surface area contributed by atoms with Gasteiger partial charge in [0.2, 0.25) is 0 Å². The highest BCUT2D eigenvalue weighted by Crippen LogP contribution is 2.31. The molecule has 1 N–H and O–H groups in total. The van der Waals surface area contributed by atoms with Crippen molar-refractivity contribution in [3.05, 3.63) is 52.1 Å². The standard InChI is InChI=1S/C13H10ClN3O3S2/c14-10-12(17-5-6-21-13(17)15-10)22(18,19)16-11-9-4-2-1-3-8(9)7-20-11/h1-6,11,16H,7H2. The Morgan fingerprint density at radius 2 is 2.23 bits per heavy atom. The second-order valence-corrected chi connectivity index (χ2v) is 7.63. The molecule has 3 heterocycles. The SMILES string of the molecule is O=S(=O)(NC1OCc2ccccc21)c1c(Cl)nc2sccn12. The predicted octanol–water partition coefficient (Wildman–Crippen LogP) is 2.56. The number of imidazole rings is 1. The quantitative estimate of drug-likeness (QED) is 0.783. The molecule has 6 nitrogen and oxygen atoms in total. The van der Waals surface area contributed by atoms with Gasteiger partial charge in [0.1, 0.15) is 6.23 Å². The summed E-state index contributed by atoms with van der Waals surface area (Å²) in [6, 6.07) is 7.49. The molecule has 3 aromatic rings. The molecule has 0 saturated carbocycles. The van der Waals surface area contributed by atoms with E-state index in [1.165, 1.54) is 15.7 Å². The minimum absolute atomic E-state index is 0.0503. The van der Waals surface area contributed by atoms with Gasteiger partial charge in [0.05, 0.1) is 6.61 Å². The van der Waals surface area contributed by atoms with E-state index in [9.17, 15) is 8.42 Å². The Kier molecular flexibility index (Phi) is 3.24. The molecule has 0 amide bonds. The smallest absolute Gasteiger partial charge is 0.262 e. The molecular weight excluding hydrogens is 346 g/mol. The molecule has 9 heteroatoms. The highest BCUT2D eigenvalue weighted by atomic mass is 35.5. The summed E-state index contributed by atoms with van der Waals surface area (Å²) in [6.45, 7) is 0.372. The van der Waals surface area contributed by atoms with Gasteiger partial charge in [-0.15, -0.1) is 11.3 Å². The average Bonchev–Trinajstić information content (AvgIpc) is 3.13. The molecule has 2 aromatic heterocycles. The molecule has 1 unspecified atom stereocenters. The van der Waals surface area contributed by atoms with Crippen LogP contribution in [0.1, 0.15) is 17.4 Å². The molecule has 114 valence electrons. The van der Waals surface area contributed by atoms with E-state index in [0.717, 1.165) is 11.1 Å². The first-order valence-electron chi connectivity index (χ1n) is 6.39. The van der Waals surface area contributed by atoms with Crippen LogP contribution < -0.4 is 4.72 Å². The number of nitrogens with zero attached hydrogens (tertiary/aromatic N) is 2. The molecular formula is C13H10ClN3O3S2. The maximum absolute atomic E-state index is 12.7. The summed E-state index contributed by atoms with van der Waals surface area (Å²) in [6.07, 6.45) is 0.901. The molecule has 0 radical (unpaired) electrons. The molecule has 0 bridgehead atoms. The molecule has 1 aliphatic heterocycles. The van der Waals surface area contributed by atoms with Gasteiger partial charge in [-0.25, -0.2) is 13.4 Å². The van der Waals surface area contributed by atoms with E-state index in [4.69, 9.17) is 16.3 Å². The van der Waals surface area contributed by atoms with Crippen LogP contribution >= 0.6 is 22.9 Å². The summed E-state index contributed by atoms with van der Waals surface area (Å²) in [4.78, 5) is 4.57. The third-order valence-corrected chi connectivity index (χ3v) is 5.99. The summed E-state index contributed by atoms with van der Waals surface area (Å²) >= 11 is 7.31. The largest absolute Gasteiger partial charge is 0.353 e. The zero-order valence-corrected chi connectivity index (χ0v) is 13.5. The topological polar surface area (TPSA) is 72.7 Å². The molecule has 22 heavy (non-hydrogen) atoms. The number of nitrogens with one attached hydrogen (secondary N) is 1. The lowest BCUT2D eigenvalue weighted by atomic mass is 10.1. The highest BCUT2D eigenvalue weighted by Gasteiger charge is 2.31. The number of fused-ring (bicyclic) bond motifs is 2. The van der Waals surface area contributed by atoms with Crippen molar-refractivity contribution < 1.29 is 13.2 Å². The monoisotopic (exact) mass is 355 g/mol.